The smallest absolute Gasteiger partial charge is 0.225 e. The fourth-order valence-electron chi connectivity index (χ4n) is 2.63. The van der Waals surface area contributed by atoms with Crippen LogP contribution in [-0.2, 0) is 11.3 Å². The molecule has 0 spiro atoms. The Morgan fingerprint density at radius 2 is 1.71 bits per heavy atom. The third kappa shape index (κ3) is 5.82. The first kappa shape index (κ1) is 18.2. The molecule has 3 heteroatoms. The first-order valence-electron chi connectivity index (χ1n) is 8.74. The van der Waals surface area contributed by atoms with Crippen molar-refractivity contribution < 1.29 is 4.79 Å². The molecular weight excluding hydrogens is 296 g/mol. The normalized spacial score (nSPS) is 11.0. The summed E-state index contributed by atoms with van der Waals surface area (Å²) < 4.78 is 0. The van der Waals surface area contributed by atoms with Crippen LogP contribution in [0.15, 0.2) is 54.6 Å². The molecule has 3 nitrogen and oxygen atoms in total. The third-order valence-corrected chi connectivity index (χ3v) is 4.21. The average Bonchev–Trinajstić information content (AvgIpc) is 2.60. The number of benzene rings is 2. The number of anilines is 1. The van der Waals surface area contributed by atoms with Gasteiger partial charge in [0.2, 0.25) is 5.91 Å². The van der Waals surface area contributed by atoms with Crippen molar-refractivity contribution in [1.29, 1.82) is 0 Å². The number of nitrogens with one attached hydrogen (secondary N) is 1. The van der Waals surface area contributed by atoms with Crippen molar-refractivity contribution in [3.05, 3.63) is 65.7 Å². The molecule has 1 N–H and O–H groups in total. The van der Waals surface area contributed by atoms with Crippen molar-refractivity contribution in [1.82, 2.24) is 4.90 Å². The second kappa shape index (κ2) is 9.24. The van der Waals surface area contributed by atoms with Crippen LogP contribution in [0.4, 0.5) is 5.69 Å². The van der Waals surface area contributed by atoms with Crippen LogP contribution in [0.2, 0.25) is 0 Å². The van der Waals surface area contributed by atoms with Crippen molar-refractivity contribution in [3.63, 3.8) is 0 Å². The molecule has 0 saturated heterocycles. The lowest BCUT2D eigenvalue weighted by atomic mass is 10.0. The minimum atomic E-state index is 0.0683. The van der Waals surface area contributed by atoms with E-state index in [0.717, 1.165) is 25.3 Å². The van der Waals surface area contributed by atoms with Gasteiger partial charge in [0, 0.05) is 25.2 Å². The standard InChI is InChI=1S/C21H28N2O/c1-4-23(16-18-8-6-5-7-9-18)15-14-21(24)22-20-12-10-19(11-13-20)17(2)3/h5-13,17H,4,14-16H2,1-3H3,(H,22,24). The Morgan fingerprint density at radius 1 is 1.04 bits per heavy atom. The topological polar surface area (TPSA) is 32.3 Å². The molecule has 2 aromatic carbocycles. The molecule has 0 aliphatic heterocycles. The summed E-state index contributed by atoms with van der Waals surface area (Å²) in [5, 5.41) is 2.99. The maximum absolute atomic E-state index is 12.2. The Morgan fingerprint density at radius 3 is 2.29 bits per heavy atom. The molecule has 0 atom stereocenters. The largest absolute Gasteiger partial charge is 0.326 e. The fourth-order valence-corrected chi connectivity index (χ4v) is 2.63. The Balaban J connectivity index is 1.80. The maximum atomic E-state index is 12.2. The molecule has 24 heavy (non-hydrogen) atoms. The quantitative estimate of drug-likeness (QED) is 0.766. The summed E-state index contributed by atoms with van der Waals surface area (Å²) in [5.41, 5.74) is 3.44. The first-order valence-corrected chi connectivity index (χ1v) is 8.74. The minimum absolute atomic E-state index is 0.0683. The van der Waals surface area contributed by atoms with Crippen molar-refractivity contribution in [2.75, 3.05) is 18.4 Å². The summed E-state index contributed by atoms with van der Waals surface area (Å²) in [7, 11) is 0. The van der Waals surface area contributed by atoms with Crippen molar-refractivity contribution >= 4 is 11.6 Å². The van der Waals surface area contributed by atoms with Crippen molar-refractivity contribution in [3.8, 4) is 0 Å². The van der Waals surface area contributed by atoms with Gasteiger partial charge in [-0.2, -0.15) is 0 Å². The minimum Gasteiger partial charge on any atom is -0.326 e. The number of hydrogen-bond acceptors (Lipinski definition) is 2. The molecule has 2 aromatic rings. The van der Waals surface area contributed by atoms with Gasteiger partial charge in [0.05, 0.1) is 0 Å². The molecule has 0 unspecified atom stereocenters. The third-order valence-electron chi connectivity index (χ3n) is 4.21. The Hall–Kier alpha value is -2.13. The molecule has 1 amide bonds. The predicted octanol–water partition coefficient (Wildman–Crippen LogP) is 4.66. The van der Waals surface area contributed by atoms with E-state index in [1.54, 1.807) is 0 Å². The van der Waals surface area contributed by atoms with Crippen LogP contribution in [0, 0.1) is 0 Å². The van der Waals surface area contributed by atoms with Crippen LogP contribution in [0.5, 0.6) is 0 Å². The summed E-state index contributed by atoms with van der Waals surface area (Å²) in [4.78, 5) is 14.5. The second-order valence-electron chi connectivity index (χ2n) is 6.43. The molecular formula is C21H28N2O. The number of carbonyl (C=O) groups is 1. The summed E-state index contributed by atoms with van der Waals surface area (Å²) in [5.74, 6) is 0.574. The van der Waals surface area contributed by atoms with E-state index in [4.69, 9.17) is 0 Å². The Bertz CT molecular complexity index is 620. The number of carbonyl (C=O) groups excluding carboxylic acids is 1. The summed E-state index contributed by atoms with van der Waals surface area (Å²) in [6.07, 6.45) is 0.507. The van der Waals surface area contributed by atoms with Gasteiger partial charge in [-0.15, -0.1) is 0 Å². The van der Waals surface area contributed by atoms with Crippen LogP contribution < -0.4 is 5.32 Å². The van der Waals surface area contributed by atoms with Crippen LogP contribution in [-0.4, -0.2) is 23.9 Å². The van der Waals surface area contributed by atoms with Gasteiger partial charge in [-0.25, -0.2) is 0 Å². The average molecular weight is 324 g/mol. The van der Waals surface area contributed by atoms with Crippen molar-refractivity contribution in [2.24, 2.45) is 0 Å². The van der Waals surface area contributed by atoms with Gasteiger partial charge in [-0.1, -0.05) is 63.2 Å². The molecule has 0 aliphatic carbocycles. The van der Waals surface area contributed by atoms with E-state index in [1.165, 1.54) is 11.1 Å². The van der Waals surface area contributed by atoms with E-state index in [-0.39, 0.29) is 5.91 Å². The molecule has 0 aromatic heterocycles. The molecule has 0 fully saturated rings. The summed E-state index contributed by atoms with van der Waals surface area (Å²) >= 11 is 0. The van der Waals surface area contributed by atoms with Crippen molar-refractivity contribution in [2.45, 2.75) is 39.7 Å². The maximum Gasteiger partial charge on any atom is 0.225 e. The van der Waals surface area contributed by atoms with E-state index < -0.39 is 0 Å². The number of amides is 1. The van der Waals surface area contributed by atoms with Gasteiger partial charge in [0.25, 0.3) is 0 Å². The lowest BCUT2D eigenvalue weighted by molar-refractivity contribution is -0.116. The molecule has 0 heterocycles. The molecule has 0 bridgehead atoms. The van der Waals surface area contributed by atoms with Gasteiger partial charge >= 0.3 is 0 Å². The highest BCUT2D eigenvalue weighted by atomic mass is 16.1. The molecule has 0 aliphatic rings. The van der Waals surface area contributed by atoms with E-state index in [2.05, 4.69) is 67.4 Å². The van der Waals surface area contributed by atoms with Gasteiger partial charge < -0.3 is 5.32 Å². The first-order chi connectivity index (χ1) is 11.6. The van der Waals surface area contributed by atoms with E-state index in [0.29, 0.717) is 12.3 Å². The lowest BCUT2D eigenvalue weighted by Crippen LogP contribution is -2.27. The van der Waals surface area contributed by atoms with Crippen LogP contribution in [0.25, 0.3) is 0 Å². The number of hydrogen-bond donors (Lipinski definition) is 1. The number of rotatable bonds is 8. The highest BCUT2D eigenvalue weighted by Crippen LogP contribution is 2.17. The van der Waals surface area contributed by atoms with Crippen LogP contribution >= 0.6 is 0 Å². The SMILES string of the molecule is CCN(CCC(=O)Nc1ccc(C(C)C)cc1)Cc1ccccc1. The predicted molar refractivity (Wildman–Crippen MR) is 101 cm³/mol. The van der Waals surface area contributed by atoms with Crippen LogP contribution in [0.3, 0.4) is 0 Å². The zero-order chi connectivity index (χ0) is 17.4. The van der Waals surface area contributed by atoms with Gasteiger partial charge in [0.1, 0.15) is 0 Å². The monoisotopic (exact) mass is 324 g/mol. The second-order valence-corrected chi connectivity index (χ2v) is 6.43. The highest BCUT2D eigenvalue weighted by molar-refractivity contribution is 5.90. The number of nitrogens with zero attached hydrogens (tertiary/aromatic N) is 1. The van der Waals surface area contributed by atoms with Crippen LogP contribution in [0.1, 0.15) is 44.2 Å². The van der Waals surface area contributed by atoms with E-state index >= 15 is 0 Å². The van der Waals surface area contributed by atoms with E-state index in [1.807, 2.05) is 18.2 Å². The zero-order valence-electron chi connectivity index (χ0n) is 15.0. The molecule has 0 radical (unpaired) electrons. The van der Waals surface area contributed by atoms with Gasteiger partial charge in [-0.3, -0.25) is 9.69 Å². The highest BCUT2D eigenvalue weighted by Gasteiger charge is 2.08. The zero-order valence-corrected chi connectivity index (χ0v) is 15.0. The van der Waals surface area contributed by atoms with Gasteiger partial charge in [-0.05, 0) is 35.7 Å². The Labute approximate surface area is 145 Å². The lowest BCUT2D eigenvalue weighted by Gasteiger charge is -2.20. The summed E-state index contributed by atoms with van der Waals surface area (Å²) in [6, 6.07) is 18.5. The van der Waals surface area contributed by atoms with E-state index in [9.17, 15) is 4.79 Å². The van der Waals surface area contributed by atoms with Gasteiger partial charge in [0.15, 0.2) is 0 Å². The molecule has 0 saturated carbocycles. The molecule has 128 valence electrons. The fraction of sp³-hybridized carbons (Fsp3) is 0.381. The Kier molecular flexibility index (Phi) is 7.01. The molecule has 2 rings (SSSR count). The summed E-state index contributed by atoms with van der Waals surface area (Å²) in [6.45, 7) is 9.05.